The number of benzene rings is 2. The number of nitrogens with zero attached hydrogens (tertiary/aromatic N) is 1. The van der Waals surface area contributed by atoms with Crippen molar-refractivity contribution in [1.29, 1.82) is 0 Å². The Labute approximate surface area is 195 Å². The minimum Gasteiger partial charge on any atom is -0.494 e. The van der Waals surface area contributed by atoms with Gasteiger partial charge in [-0.25, -0.2) is 4.79 Å². The number of aromatic nitrogens is 1. The Balaban J connectivity index is 2.32. The Morgan fingerprint density at radius 1 is 1.16 bits per heavy atom. The average molecular weight is 515 g/mol. The SMILES string of the molecule is CCOC(=O)c1cc2c(Cl)c(OC)c(Cl)cc2n1C(Cl)c1cccc(C(F)(F)F)c1Cl. The molecule has 0 amide bonds. The number of fused-ring (bicyclic) bond motifs is 1. The Morgan fingerprint density at radius 2 is 1.84 bits per heavy atom. The summed E-state index contributed by atoms with van der Waals surface area (Å²) < 4.78 is 51.5. The van der Waals surface area contributed by atoms with E-state index < -0.39 is 28.2 Å². The van der Waals surface area contributed by atoms with Gasteiger partial charge in [-0.3, -0.25) is 0 Å². The first kappa shape index (κ1) is 23.9. The fourth-order valence-electron chi connectivity index (χ4n) is 3.16. The predicted octanol–water partition coefficient (Wildman–Crippen LogP) is 7.59. The number of alkyl halides is 4. The lowest BCUT2D eigenvalue weighted by Crippen LogP contribution is -2.16. The number of rotatable bonds is 5. The van der Waals surface area contributed by atoms with Crippen LogP contribution in [0.3, 0.4) is 0 Å². The average Bonchev–Trinajstić information content (AvgIpc) is 3.07. The Hall–Kier alpha value is -1.80. The van der Waals surface area contributed by atoms with Crippen molar-refractivity contribution in [2.45, 2.75) is 18.6 Å². The van der Waals surface area contributed by atoms with Crippen molar-refractivity contribution in [2.24, 2.45) is 0 Å². The molecule has 0 saturated carbocycles. The summed E-state index contributed by atoms with van der Waals surface area (Å²) >= 11 is 25.3. The Kier molecular flexibility index (Phi) is 6.91. The van der Waals surface area contributed by atoms with Crippen molar-refractivity contribution in [3.05, 3.63) is 62.2 Å². The van der Waals surface area contributed by atoms with E-state index in [2.05, 4.69) is 0 Å². The van der Waals surface area contributed by atoms with Gasteiger partial charge in [0.15, 0.2) is 5.75 Å². The molecule has 11 heteroatoms. The molecule has 31 heavy (non-hydrogen) atoms. The van der Waals surface area contributed by atoms with Gasteiger partial charge in [-0.1, -0.05) is 58.5 Å². The quantitative estimate of drug-likeness (QED) is 0.260. The van der Waals surface area contributed by atoms with Crippen LogP contribution in [0.1, 0.15) is 34.0 Å². The Bertz CT molecular complexity index is 1160. The van der Waals surface area contributed by atoms with Gasteiger partial charge in [-0.05, 0) is 25.1 Å². The van der Waals surface area contributed by atoms with Gasteiger partial charge in [0, 0.05) is 10.9 Å². The zero-order chi connectivity index (χ0) is 23.1. The van der Waals surface area contributed by atoms with Crippen LogP contribution >= 0.6 is 46.4 Å². The molecule has 166 valence electrons. The lowest BCUT2D eigenvalue weighted by Gasteiger charge is -2.20. The van der Waals surface area contributed by atoms with Gasteiger partial charge in [0.25, 0.3) is 0 Å². The Morgan fingerprint density at radius 3 is 2.42 bits per heavy atom. The van der Waals surface area contributed by atoms with Crippen LogP contribution in [-0.2, 0) is 10.9 Å². The fourth-order valence-corrected chi connectivity index (χ4v) is 4.60. The first-order valence-electron chi connectivity index (χ1n) is 8.76. The highest BCUT2D eigenvalue weighted by molar-refractivity contribution is 6.41. The van der Waals surface area contributed by atoms with Crippen LogP contribution in [0.5, 0.6) is 5.75 Å². The largest absolute Gasteiger partial charge is 0.494 e. The zero-order valence-corrected chi connectivity index (χ0v) is 19.0. The molecule has 1 heterocycles. The topological polar surface area (TPSA) is 40.5 Å². The van der Waals surface area contributed by atoms with E-state index >= 15 is 0 Å². The van der Waals surface area contributed by atoms with Crippen LogP contribution in [0, 0.1) is 0 Å². The van der Waals surface area contributed by atoms with Crippen molar-refractivity contribution in [2.75, 3.05) is 13.7 Å². The van der Waals surface area contributed by atoms with E-state index in [1.807, 2.05) is 0 Å². The van der Waals surface area contributed by atoms with Crippen molar-refractivity contribution >= 4 is 63.3 Å². The van der Waals surface area contributed by atoms with Crippen molar-refractivity contribution < 1.29 is 27.4 Å². The van der Waals surface area contributed by atoms with Crippen molar-refractivity contribution in [1.82, 2.24) is 4.57 Å². The molecule has 0 fully saturated rings. The summed E-state index contributed by atoms with van der Waals surface area (Å²) in [5.74, 6) is -0.578. The third-order valence-corrected chi connectivity index (χ3v) is 6.01. The van der Waals surface area contributed by atoms with Gasteiger partial charge in [0.05, 0.1) is 39.9 Å². The van der Waals surface area contributed by atoms with Crippen LogP contribution in [0.25, 0.3) is 10.9 Å². The molecular weight excluding hydrogens is 501 g/mol. The molecular formula is C20H14Cl4F3NO3. The van der Waals surface area contributed by atoms with E-state index in [9.17, 15) is 18.0 Å². The monoisotopic (exact) mass is 513 g/mol. The molecule has 4 nitrogen and oxygen atoms in total. The van der Waals surface area contributed by atoms with Crippen LogP contribution in [0.15, 0.2) is 30.3 Å². The number of esters is 1. The first-order valence-corrected chi connectivity index (χ1v) is 10.3. The summed E-state index contributed by atoms with van der Waals surface area (Å²) in [6.07, 6.45) is -4.69. The number of carbonyl (C=O) groups excluding carboxylic acids is 1. The molecule has 0 aliphatic carbocycles. The third kappa shape index (κ3) is 4.29. The van der Waals surface area contributed by atoms with Crippen LogP contribution in [0.4, 0.5) is 13.2 Å². The summed E-state index contributed by atoms with van der Waals surface area (Å²) in [5, 5.41) is -0.0147. The van der Waals surface area contributed by atoms with Gasteiger partial charge in [0.2, 0.25) is 0 Å². The molecule has 0 spiro atoms. The molecule has 0 aliphatic rings. The molecule has 0 N–H and O–H groups in total. The number of hydrogen-bond donors (Lipinski definition) is 0. The molecule has 0 aliphatic heterocycles. The number of ether oxygens (including phenoxy) is 2. The van der Waals surface area contributed by atoms with Crippen LogP contribution in [-0.4, -0.2) is 24.3 Å². The van der Waals surface area contributed by atoms with E-state index in [-0.39, 0.29) is 39.2 Å². The number of methoxy groups -OCH3 is 1. The second kappa shape index (κ2) is 8.98. The van der Waals surface area contributed by atoms with Gasteiger partial charge >= 0.3 is 12.1 Å². The summed E-state index contributed by atoms with van der Waals surface area (Å²) in [5.41, 5.74) is -2.19. The molecule has 1 atom stereocenters. The number of carbonyl (C=O) groups is 1. The van der Waals surface area contributed by atoms with E-state index in [0.29, 0.717) is 5.39 Å². The normalized spacial score (nSPS) is 12.8. The summed E-state index contributed by atoms with van der Waals surface area (Å²) in [7, 11) is 1.37. The van der Waals surface area contributed by atoms with E-state index in [1.54, 1.807) is 6.92 Å². The third-order valence-electron chi connectivity index (χ3n) is 4.50. The lowest BCUT2D eigenvalue weighted by atomic mass is 10.1. The maximum absolute atomic E-state index is 13.3. The molecule has 0 bridgehead atoms. The van der Waals surface area contributed by atoms with Gasteiger partial charge in [-0.15, -0.1) is 0 Å². The molecule has 1 unspecified atom stereocenters. The summed E-state index contributed by atoms with van der Waals surface area (Å²) in [6, 6.07) is 6.21. The summed E-state index contributed by atoms with van der Waals surface area (Å²) in [6.45, 7) is 1.68. The molecule has 1 aromatic heterocycles. The predicted molar refractivity (Wildman–Crippen MR) is 115 cm³/mol. The molecule has 2 aromatic carbocycles. The highest BCUT2D eigenvalue weighted by atomic mass is 35.5. The molecule has 3 rings (SSSR count). The van der Waals surface area contributed by atoms with Crippen molar-refractivity contribution in [3.8, 4) is 5.75 Å². The van der Waals surface area contributed by atoms with Gasteiger partial charge < -0.3 is 14.0 Å². The lowest BCUT2D eigenvalue weighted by molar-refractivity contribution is -0.137. The molecule has 3 aromatic rings. The maximum atomic E-state index is 13.3. The molecule has 0 radical (unpaired) electrons. The smallest absolute Gasteiger partial charge is 0.417 e. The highest BCUT2D eigenvalue weighted by Gasteiger charge is 2.35. The number of halogens is 7. The fraction of sp³-hybridized carbons (Fsp3) is 0.250. The molecule has 0 saturated heterocycles. The summed E-state index contributed by atoms with van der Waals surface area (Å²) in [4.78, 5) is 12.6. The van der Waals surface area contributed by atoms with Crippen LogP contribution < -0.4 is 4.74 Å². The highest BCUT2D eigenvalue weighted by Crippen LogP contribution is 2.45. The van der Waals surface area contributed by atoms with E-state index in [1.165, 1.54) is 35.9 Å². The van der Waals surface area contributed by atoms with Crippen LogP contribution in [0.2, 0.25) is 15.1 Å². The maximum Gasteiger partial charge on any atom is 0.417 e. The zero-order valence-electron chi connectivity index (χ0n) is 16.0. The van der Waals surface area contributed by atoms with Crippen molar-refractivity contribution in [3.63, 3.8) is 0 Å². The minimum atomic E-state index is -4.69. The first-order chi connectivity index (χ1) is 14.5. The second-order valence-corrected chi connectivity index (χ2v) is 7.88. The van der Waals surface area contributed by atoms with E-state index in [0.717, 1.165) is 6.07 Å². The standard InChI is InChI=1S/C20H14Cl4F3NO3/c1-3-31-19(29)14-7-10-13(8-12(21)17(30-2)16(10)23)28(14)18(24)9-5-4-6-11(15(9)22)20(25,26)27/h4-8,18H,3H2,1-2H3. The van der Waals surface area contributed by atoms with E-state index in [4.69, 9.17) is 55.9 Å². The minimum absolute atomic E-state index is 0.0449. The van der Waals surface area contributed by atoms with Gasteiger partial charge in [-0.2, -0.15) is 13.2 Å². The van der Waals surface area contributed by atoms with Gasteiger partial charge in [0.1, 0.15) is 11.2 Å². The second-order valence-electron chi connectivity index (χ2n) is 6.30. The number of hydrogen-bond acceptors (Lipinski definition) is 3.